The van der Waals surface area contributed by atoms with Gasteiger partial charge >= 0.3 is 9.28 Å². The lowest BCUT2D eigenvalue weighted by Crippen LogP contribution is -2.39. The molecule has 3 heteroatoms. The van der Waals surface area contributed by atoms with Crippen LogP contribution in [0.15, 0.2) is 24.3 Å². The van der Waals surface area contributed by atoms with Gasteiger partial charge in [0.2, 0.25) is 0 Å². The second kappa shape index (κ2) is 7.07. The van der Waals surface area contributed by atoms with E-state index >= 15 is 0 Å². The molecule has 2 nitrogen and oxygen atoms in total. The lowest BCUT2D eigenvalue weighted by Gasteiger charge is -2.21. The molecule has 2 rings (SSSR count). The summed E-state index contributed by atoms with van der Waals surface area (Å²) in [6.07, 6.45) is 5.40. The molecule has 1 aromatic rings. The van der Waals surface area contributed by atoms with Crippen LogP contribution in [0, 0.1) is 0 Å². The molecule has 18 heavy (non-hydrogen) atoms. The Balaban J connectivity index is 2.23. The quantitative estimate of drug-likeness (QED) is 0.736. The van der Waals surface area contributed by atoms with Gasteiger partial charge in [-0.05, 0) is 43.4 Å². The van der Waals surface area contributed by atoms with Gasteiger partial charge in [-0.2, -0.15) is 0 Å². The molecule has 0 radical (unpaired) electrons. The maximum absolute atomic E-state index is 5.89. The highest BCUT2D eigenvalue weighted by atomic mass is 28.3. The lowest BCUT2D eigenvalue weighted by molar-refractivity contribution is 0.225. The summed E-state index contributed by atoms with van der Waals surface area (Å²) in [6, 6.07) is 8.77. The van der Waals surface area contributed by atoms with E-state index in [2.05, 4.69) is 38.1 Å². The van der Waals surface area contributed by atoms with Gasteiger partial charge in [0.05, 0.1) is 0 Å². The van der Waals surface area contributed by atoms with Gasteiger partial charge in [0.15, 0.2) is 0 Å². The summed E-state index contributed by atoms with van der Waals surface area (Å²) >= 11 is 0. The maximum atomic E-state index is 5.89. The third kappa shape index (κ3) is 3.22. The van der Waals surface area contributed by atoms with Crippen molar-refractivity contribution in [3.63, 3.8) is 0 Å². The van der Waals surface area contributed by atoms with Crippen LogP contribution in [0.5, 0.6) is 0 Å². The molecule has 1 fully saturated rings. The molecule has 1 aromatic carbocycles. The van der Waals surface area contributed by atoms with Crippen LogP contribution in [-0.2, 0) is 8.85 Å². The topological polar surface area (TPSA) is 18.5 Å². The normalized spacial score (nSPS) is 16.6. The van der Waals surface area contributed by atoms with E-state index in [1.165, 1.54) is 36.4 Å². The van der Waals surface area contributed by atoms with Crippen LogP contribution in [0.3, 0.4) is 0 Å². The van der Waals surface area contributed by atoms with Crippen LogP contribution in [0.25, 0.3) is 0 Å². The van der Waals surface area contributed by atoms with Gasteiger partial charge in [0.25, 0.3) is 0 Å². The molecular formula is C15H24O2Si. The van der Waals surface area contributed by atoms with Gasteiger partial charge in [0, 0.05) is 13.2 Å². The molecular weight excluding hydrogens is 240 g/mol. The van der Waals surface area contributed by atoms with Crippen LogP contribution < -0.4 is 5.19 Å². The molecule has 1 aliphatic carbocycles. The monoisotopic (exact) mass is 264 g/mol. The summed E-state index contributed by atoms with van der Waals surface area (Å²) in [5.41, 5.74) is 1.49. The van der Waals surface area contributed by atoms with Crippen molar-refractivity contribution in [3.05, 3.63) is 29.8 Å². The fourth-order valence-electron chi connectivity index (χ4n) is 2.86. The van der Waals surface area contributed by atoms with Crippen molar-refractivity contribution < 1.29 is 8.85 Å². The Kier molecular flexibility index (Phi) is 5.41. The average Bonchev–Trinajstić information content (AvgIpc) is 2.92. The van der Waals surface area contributed by atoms with E-state index in [4.69, 9.17) is 8.85 Å². The van der Waals surface area contributed by atoms with Crippen LogP contribution in [-0.4, -0.2) is 22.5 Å². The van der Waals surface area contributed by atoms with Crippen molar-refractivity contribution in [1.82, 2.24) is 0 Å². The highest BCUT2D eigenvalue weighted by Crippen LogP contribution is 2.33. The van der Waals surface area contributed by atoms with Crippen LogP contribution in [0.4, 0.5) is 0 Å². The number of hydrogen-bond donors (Lipinski definition) is 0. The molecule has 0 N–H and O–H groups in total. The summed E-state index contributed by atoms with van der Waals surface area (Å²) in [7, 11) is -1.69. The zero-order valence-corrected chi connectivity index (χ0v) is 12.7. The molecule has 0 unspecified atom stereocenters. The van der Waals surface area contributed by atoms with Gasteiger partial charge in [-0.3, -0.25) is 0 Å². The molecule has 0 aromatic heterocycles. The second-order valence-corrected chi connectivity index (χ2v) is 6.81. The van der Waals surface area contributed by atoms with E-state index < -0.39 is 9.28 Å². The van der Waals surface area contributed by atoms with Crippen molar-refractivity contribution in [3.8, 4) is 0 Å². The second-order valence-electron chi connectivity index (χ2n) is 4.85. The average molecular weight is 264 g/mol. The zero-order chi connectivity index (χ0) is 12.8. The third-order valence-electron chi connectivity index (χ3n) is 3.68. The van der Waals surface area contributed by atoms with Gasteiger partial charge < -0.3 is 8.85 Å². The van der Waals surface area contributed by atoms with E-state index in [0.29, 0.717) is 0 Å². The minimum absolute atomic E-state index is 0.733. The first-order chi connectivity index (χ1) is 8.86. The summed E-state index contributed by atoms with van der Waals surface area (Å²) < 4.78 is 11.8. The lowest BCUT2D eigenvalue weighted by atomic mass is 9.98. The summed E-state index contributed by atoms with van der Waals surface area (Å²) in [6.45, 7) is 5.60. The smallest absolute Gasteiger partial charge is 0.356 e. The Bertz CT molecular complexity index is 355. The van der Waals surface area contributed by atoms with Gasteiger partial charge in [-0.25, -0.2) is 0 Å². The minimum atomic E-state index is -1.69. The van der Waals surface area contributed by atoms with Gasteiger partial charge in [-0.1, -0.05) is 37.1 Å². The maximum Gasteiger partial charge on any atom is 0.356 e. The third-order valence-corrected chi connectivity index (χ3v) is 5.99. The molecule has 0 heterocycles. The molecule has 1 saturated carbocycles. The predicted octanol–water partition coefficient (Wildman–Crippen LogP) is 2.84. The molecule has 1 aliphatic rings. The Hall–Kier alpha value is -0.643. The molecule has 0 bridgehead atoms. The fourth-order valence-corrected chi connectivity index (χ4v) is 4.80. The Labute approximate surface area is 112 Å². The highest BCUT2D eigenvalue weighted by Gasteiger charge is 2.25. The number of hydrogen-bond acceptors (Lipinski definition) is 2. The predicted molar refractivity (Wildman–Crippen MR) is 77.7 cm³/mol. The minimum Gasteiger partial charge on any atom is -0.394 e. The van der Waals surface area contributed by atoms with Crippen LogP contribution in [0.2, 0.25) is 0 Å². The zero-order valence-electron chi connectivity index (χ0n) is 11.5. The van der Waals surface area contributed by atoms with Crippen molar-refractivity contribution in [2.45, 2.75) is 45.4 Å². The summed E-state index contributed by atoms with van der Waals surface area (Å²) in [5.74, 6) is 0.733. The molecule has 0 saturated heterocycles. The van der Waals surface area contributed by atoms with Gasteiger partial charge in [0.1, 0.15) is 0 Å². The van der Waals surface area contributed by atoms with Crippen LogP contribution in [0.1, 0.15) is 51.0 Å². The van der Waals surface area contributed by atoms with E-state index in [9.17, 15) is 0 Å². The van der Waals surface area contributed by atoms with Crippen molar-refractivity contribution >= 4 is 14.5 Å². The largest absolute Gasteiger partial charge is 0.394 e. The first-order valence-electron chi connectivity index (χ1n) is 7.18. The molecule has 0 atom stereocenters. The highest BCUT2D eigenvalue weighted by molar-refractivity contribution is 6.61. The van der Waals surface area contributed by atoms with E-state index in [1.807, 2.05) is 0 Å². The molecule has 0 amide bonds. The summed E-state index contributed by atoms with van der Waals surface area (Å²) in [4.78, 5) is 0. The van der Waals surface area contributed by atoms with E-state index in [-0.39, 0.29) is 0 Å². The molecule has 100 valence electrons. The van der Waals surface area contributed by atoms with Crippen molar-refractivity contribution in [2.24, 2.45) is 0 Å². The Morgan fingerprint density at radius 3 is 2.28 bits per heavy atom. The first-order valence-corrected chi connectivity index (χ1v) is 8.70. The fraction of sp³-hybridized carbons (Fsp3) is 0.600. The number of rotatable bonds is 6. The SMILES string of the molecule is CCO[SiH](OCC)c1ccccc1C1CCCC1. The molecule has 0 spiro atoms. The van der Waals surface area contributed by atoms with Gasteiger partial charge in [-0.15, -0.1) is 0 Å². The summed E-state index contributed by atoms with van der Waals surface area (Å²) in [5, 5.41) is 1.37. The Morgan fingerprint density at radius 2 is 1.67 bits per heavy atom. The van der Waals surface area contributed by atoms with Crippen molar-refractivity contribution in [1.29, 1.82) is 0 Å². The number of benzene rings is 1. The van der Waals surface area contributed by atoms with Crippen LogP contribution >= 0.6 is 0 Å². The van der Waals surface area contributed by atoms with Crippen molar-refractivity contribution in [2.75, 3.05) is 13.2 Å². The first kappa shape index (κ1) is 13.8. The van der Waals surface area contributed by atoms with E-state index in [1.54, 1.807) is 0 Å². The molecule has 0 aliphatic heterocycles. The van der Waals surface area contributed by atoms with E-state index in [0.717, 1.165) is 19.1 Å². The Morgan fingerprint density at radius 1 is 1.06 bits per heavy atom. The standard InChI is InChI=1S/C15H24O2Si/c1-3-16-18(17-4-2)15-12-8-7-11-14(15)13-9-5-6-10-13/h7-8,11-13,18H,3-6,9-10H2,1-2H3.